The van der Waals surface area contributed by atoms with Crippen LogP contribution in [0.1, 0.15) is 117 Å². The third-order valence-electron chi connectivity index (χ3n) is 14.0. The Hall–Kier alpha value is -3.52. The molecule has 0 amide bonds. The predicted octanol–water partition coefficient (Wildman–Crippen LogP) is 17.5. The summed E-state index contributed by atoms with van der Waals surface area (Å²) in [5.74, 6) is 0. The molecular formula is C58H68Cl2SiZr. The van der Waals surface area contributed by atoms with Crippen molar-refractivity contribution in [1.29, 1.82) is 0 Å². The molecule has 2 unspecified atom stereocenters. The molecule has 62 heavy (non-hydrogen) atoms. The van der Waals surface area contributed by atoms with E-state index >= 15 is 0 Å². The Morgan fingerprint density at radius 2 is 0.677 bits per heavy atom. The van der Waals surface area contributed by atoms with Crippen molar-refractivity contribution in [2.24, 2.45) is 0 Å². The van der Waals surface area contributed by atoms with E-state index < -0.39 is 17.4 Å². The first-order valence-corrected chi connectivity index (χ1v) is 36.6. The van der Waals surface area contributed by atoms with Crippen molar-refractivity contribution in [2.45, 2.75) is 109 Å². The molecule has 4 heteroatoms. The van der Waals surface area contributed by atoms with Crippen molar-refractivity contribution in [3.63, 3.8) is 0 Å². The molecule has 0 N–H and O–H groups in total. The zero-order chi connectivity index (χ0) is 42.2. The van der Waals surface area contributed by atoms with Crippen LogP contribution in [0.4, 0.5) is 0 Å². The van der Waals surface area contributed by atoms with Crippen LogP contribution in [0.25, 0.3) is 56.7 Å². The second-order valence-corrected chi connectivity index (χ2v) is 50.1. The molecule has 2 aliphatic carbocycles. The molecule has 8 rings (SSSR count). The van der Waals surface area contributed by atoms with Crippen molar-refractivity contribution in [3.05, 3.63) is 177 Å². The van der Waals surface area contributed by atoms with Gasteiger partial charge in [-0.1, -0.05) is 0 Å². The molecule has 0 saturated carbocycles. The number of hydrogen-bond acceptors (Lipinski definition) is 0. The summed E-state index contributed by atoms with van der Waals surface area (Å²) in [5, 5.41) is 0. The summed E-state index contributed by atoms with van der Waals surface area (Å²) in [6, 6.07) is 47.3. The number of rotatable bonds is 14. The molecule has 0 heterocycles. The number of hydrogen-bond donors (Lipinski definition) is 0. The van der Waals surface area contributed by atoms with Gasteiger partial charge >= 0.3 is 367 Å². The number of allylic oxidation sites excluding steroid dienone is 2. The second kappa shape index (κ2) is 19.7. The molecular weight excluding hydrogens is 887 g/mol. The fourth-order valence-electron chi connectivity index (χ4n) is 11.0. The van der Waals surface area contributed by atoms with E-state index in [0.29, 0.717) is 7.25 Å². The summed E-state index contributed by atoms with van der Waals surface area (Å²) in [5.41, 5.74) is 25.8. The molecule has 0 nitrogen and oxygen atoms in total. The standard InChI is InChI=1S/2C28H29.2CH3.2ClH.H2Si.Zr/c2*1-4-5-6-7-22-18-27-25(23-12-8-20(2)9-13-23)16-17-26(28(27)19-22)24-14-10-21(3)11-15-24;;;;;;/h2*8-19H,4-7H2,1-3H3;2*1H3;2*1H;1H2;. The molecule has 2 atom stereocenters. The van der Waals surface area contributed by atoms with Crippen LogP contribution in [-0.2, 0) is 17.4 Å². The van der Waals surface area contributed by atoms with E-state index in [2.05, 4.69) is 191 Å². The third kappa shape index (κ3) is 9.33. The van der Waals surface area contributed by atoms with E-state index in [1.165, 1.54) is 129 Å². The predicted molar refractivity (Wildman–Crippen MR) is 278 cm³/mol. The molecule has 0 aliphatic heterocycles. The van der Waals surface area contributed by atoms with Gasteiger partial charge in [0.2, 0.25) is 0 Å². The van der Waals surface area contributed by atoms with Crippen LogP contribution in [0, 0.1) is 27.7 Å². The summed E-state index contributed by atoms with van der Waals surface area (Å²) >= 11 is -4.17. The molecule has 2 aliphatic rings. The van der Waals surface area contributed by atoms with E-state index in [9.17, 15) is 0 Å². The molecule has 0 radical (unpaired) electrons. The Kier molecular flexibility index (Phi) is 15.2. The van der Waals surface area contributed by atoms with Gasteiger partial charge in [-0.05, 0) is 0 Å². The van der Waals surface area contributed by atoms with E-state index in [-0.39, 0.29) is 24.8 Å². The summed E-state index contributed by atoms with van der Waals surface area (Å²) in [7, 11) is 0. The minimum atomic E-state index is -4.17. The third-order valence-corrected chi connectivity index (χ3v) is 31.4. The zero-order valence-corrected chi connectivity index (χ0v) is 44.0. The number of fused-ring (bicyclic) bond motifs is 2. The first kappa shape index (κ1) is 47.9. The smallest absolute Gasteiger partial charge is 0.147 e. The summed E-state index contributed by atoms with van der Waals surface area (Å²) < 4.78 is 6.60. The SMILES string of the molecule is CCCCCC1=Cc2c(-c3ccc(C)cc3)ccc(-c3ccc(C)cc3)c2[CH]1[Zr]([CH3])([CH3])(=[SiH2])[CH]1C(CCCCC)=Cc2c(-c3ccc(C)cc3)ccc(-c3ccc(C)cc3)c21.Cl.Cl. The Balaban J connectivity index is 0.00000321. The van der Waals surface area contributed by atoms with E-state index in [1.54, 1.807) is 22.3 Å². The average Bonchev–Trinajstić information content (AvgIpc) is 3.83. The van der Waals surface area contributed by atoms with Gasteiger partial charge in [-0.15, -0.1) is 24.8 Å². The molecule has 0 spiro atoms. The molecule has 0 fully saturated rings. The number of unbranched alkanes of at least 4 members (excludes halogenated alkanes) is 4. The first-order valence-electron chi connectivity index (χ1n) is 23.0. The fourth-order valence-corrected chi connectivity index (χ4v) is 30.6. The van der Waals surface area contributed by atoms with Crippen LogP contribution in [0.3, 0.4) is 0 Å². The minimum absolute atomic E-state index is 0. The molecule has 0 bridgehead atoms. The van der Waals surface area contributed by atoms with Crippen LogP contribution in [-0.4, -0.2) is 6.88 Å². The quantitative estimate of drug-likeness (QED) is 0.0754. The van der Waals surface area contributed by atoms with Crippen LogP contribution in [0.2, 0.25) is 9.26 Å². The Morgan fingerprint density at radius 3 is 0.968 bits per heavy atom. The van der Waals surface area contributed by atoms with Gasteiger partial charge in [-0.3, -0.25) is 0 Å². The van der Waals surface area contributed by atoms with E-state index in [4.69, 9.17) is 0 Å². The maximum Gasteiger partial charge on any atom is -0.147 e. The topological polar surface area (TPSA) is 0 Å². The van der Waals surface area contributed by atoms with Gasteiger partial charge in [0.1, 0.15) is 0 Å². The van der Waals surface area contributed by atoms with Crippen molar-refractivity contribution >= 4 is 43.8 Å². The average molecular weight is 955 g/mol. The van der Waals surface area contributed by atoms with E-state index in [1.807, 2.05) is 0 Å². The van der Waals surface area contributed by atoms with Crippen molar-refractivity contribution in [3.8, 4) is 44.5 Å². The van der Waals surface area contributed by atoms with Crippen LogP contribution in [0.15, 0.2) is 132 Å². The second-order valence-electron chi connectivity index (χ2n) is 19.6. The Morgan fingerprint density at radius 1 is 0.403 bits per heavy atom. The number of aryl methyl sites for hydroxylation is 4. The first-order chi connectivity index (χ1) is 28.9. The largest absolute Gasteiger partial charge is 0.147 e. The van der Waals surface area contributed by atoms with Gasteiger partial charge in [-0.2, -0.15) is 0 Å². The number of halogens is 2. The zero-order valence-electron chi connectivity index (χ0n) is 38.5. The van der Waals surface area contributed by atoms with Gasteiger partial charge in [-0.25, -0.2) is 0 Å². The molecule has 0 saturated heterocycles. The van der Waals surface area contributed by atoms with Gasteiger partial charge in [0, 0.05) is 0 Å². The normalized spacial score (nSPS) is 15.6. The van der Waals surface area contributed by atoms with Gasteiger partial charge in [0.25, 0.3) is 0 Å². The van der Waals surface area contributed by atoms with Crippen LogP contribution in [0.5, 0.6) is 0 Å². The monoisotopic (exact) mass is 952 g/mol. The maximum atomic E-state index is 2.88. The van der Waals surface area contributed by atoms with Crippen LogP contribution >= 0.6 is 24.8 Å². The molecule has 6 aromatic rings. The van der Waals surface area contributed by atoms with Gasteiger partial charge in [0.15, 0.2) is 0 Å². The fraction of sp³-hybridized carbons (Fsp3) is 0.310. The maximum absolute atomic E-state index is 4.17. The van der Waals surface area contributed by atoms with Crippen LogP contribution < -0.4 is 0 Å². The van der Waals surface area contributed by atoms with Gasteiger partial charge < -0.3 is 0 Å². The van der Waals surface area contributed by atoms with Crippen molar-refractivity contribution in [2.75, 3.05) is 0 Å². The van der Waals surface area contributed by atoms with E-state index in [0.717, 1.165) is 0 Å². The van der Waals surface area contributed by atoms with Gasteiger partial charge in [0.05, 0.1) is 0 Å². The molecule has 0 aromatic heterocycles. The number of benzene rings is 6. The molecule has 6 aromatic carbocycles. The minimum Gasteiger partial charge on any atom is -0.147 e. The molecule has 322 valence electrons. The summed E-state index contributed by atoms with van der Waals surface area (Å²) in [4.78, 5) is 0. The van der Waals surface area contributed by atoms with Crippen molar-refractivity contribution < 1.29 is 17.4 Å². The summed E-state index contributed by atoms with van der Waals surface area (Å²) in [6.07, 6.45) is 15.3. The van der Waals surface area contributed by atoms with Crippen molar-refractivity contribution in [1.82, 2.24) is 0 Å². The summed E-state index contributed by atoms with van der Waals surface area (Å²) in [6.45, 7) is 16.1. The Bertz CT molecular complexity index is 2480. The Labute approximate surface area is 389 Å².